The monoisotopic (exact) mass is 303 g/mol. The fourth-order valence-electron chi connectivity index (χ4n) is 1.87. The van der Waals surface area contributed by atoms with Crippen molar-refractivity contribution in [2.45, 2.75) is 13.5 Å². The summed E-state index contributed by atoms with van der Waals surface area (Å²) in [5.74, 6) is 0.437. The third-order valence-electron chi connectivity index (χ3n) is 3.15. The van der Waals surface area contributed by atoms with Crippen LogP contribution in [0, 0.1) is 6.92 Å². The van der Waals surface area contributed by atoms with E-state index in [-0.39, 0.29) is 12.5 Å². The second kappa shape index (κ2) is 7.14. The first-order valence-electron chi connectivity index (χ1n) is 6.73. The maximum absolute atomic E-state index is 12.1. The van der Waals surface area contributed by atoms with Crippen LogP contribution in [-0.2, 0) is 11.3 Å². The highest BCUT2D eigenvalue weighted by Crippen LogP contribution is 2.23. The standard InChI is InChI=1S/C17H18ClNO2/c1-13-7-9-14(10-8-13)11-19(2)17(20)12-21-16-6-4-3-5-15(16)18/h3-10H,11-12H2,1-2H3. The molecule has 0 saturated heterocycles. The number of ether oxygens (including phenoxy) is 1. The Hall–Kier alpha value is -2.00. The van der Waals surface area contributed by atoms with Crippen molar-refractivity contribution >= 4 is 17.5 Å². The molecule has 0 atom stereocenters. The molecule has 2 rings (SSSR count). The summed E-state index contributed by atoms with van der Waals surface area (Å²) in [4.78, 5) is 13.7. The van der Waals surface area contributed by atoms with Crippen LogP contribution in [0.3, 0.4) is 0 Å². The highest BCUT2D eigenvalue weighted by molar-refractivity contribution is 6.32. The number of halogens is 1. The zero-order valence-corrected chi connectivity index (χ0v) is 12.9. The summed E-state index contributed by atoms with van der Waals surface area (Å²) in [5.41, 5.74) is 2.30. The number of hydrogen-bond donors (Lipinski definition) is 0. The largest absolute Gasteiger partial charge is 0.482 e. The van der Waals surface area contributed by atoms with Crippen molar-refractivity contribution in [3.05, 3.63) is 64.7 Å². The average Bonchev–Trinajstić information content (AvgIpc) is 2.48. The van der Waals surface area contributed by atoms with Gasteiger partial charge in [0.15, 0.2) is 6.61 Å². The number of likely N-dealkylation sites (N-methyl/N-ethyl adjacent to an activating group) is 1. The van der Waals surface area contributed by atoms with Crippen molar-refractivity contribution in [1.82, 2.24) is 4.90 Å². The Morgan fingerprint density at radius 3 is 2.48 bits per heavy atom. The molecule has 2 aromatic rings. The molecule has 2 aromatic carbocycles. The van der Waals surface area contributed by atoms with Crippen molar-refractivity contribution in [2.75, 3.05) is 13.7 Å². The van der Waals surface area contributed by atoms with Gasteiger partial charge in [0.25, 0.3) is 5.91 Å². The Labute approximate surface area is 130 Å². The molecule has 0 spiro atoms. The molecule has 0 N–H and O–H groups in total. The third kappa shape index (κ3) is 4.50. The van der Waals surface area contributed by atoms with E-state index >= 15 is 0 Å². The van der Waals surface area contributed by atoms with E-state index in [0.29, 0.717) is 17.3 Å². The molecule has 0 radical (unpaired) electrons. The van der Waals surface area contributed by atoms with Crippen LogP contribution < -0.4 is 4.74 Å². The number of aryl methyl sites for hydroxylation is 1. The minimum Gasteiger partial charge on any atom is -0.482 e. The third-order valence-corrected chi connectivity index (χ3v) is 3.47. The van der Waals surface area contributed by atoms with E-state index in [4.69, 9.17) is 16.3 Å². The molecule has 21 heavy (non-hydrogen) atoms. The number of nitrogens with zero attached hydrogens (tertiary/aromatic N) is 1. The number of amides is 1. The van der Waals surface area contributed by atoms with Gasteiger partial charge < -0.3 is 9.64 Å². The van der Waals surface area contributed by atoms with E-state index in [2.05, 4.69) is 0 Å². The Balaban J connectivity index is 1.88. The van der Waals surface area contributed by atoms with Gasteiger partial charge in [0.2, 0.25) is 0 Å². The molecule has 0 aliphatic heterocycles. The van der Waals surface area contributed by atoms with Crippen molar-refractivity contribution in [2.24, 2.45) is 0 Å². The lowest BCUT2D eigenvalue weighted by molar-refractivity contribution is -0.132. The molecule has 1 amide bonds. The zero-order chi connectivity index (χ0) is 15.2. The smallest absolute Gasteiger partial charge is 0.260 e. The lowest BCUT2D eigenvalue weighted by atomic mass is 10.1. The maximum atomic E-state index is 12.1. The Morgan fingerprint density at radius 2 is 1.81 bits per heavy atom. The van der Waals surface area contributed by atoms with Gasteiger partial charge in [-0.1, -0.05) is 53.6 Å². The normalized spacial score (nSPS) is 10.2. The highest BCUT2D eigenvalue weighted by atomic mass is 35.5. The molecule has 0 bridgehead atoms. The average molecular weight is 304 g/mol. The van der Waals surface area contributed by atoms with Crippen molar-refractivity contribution < 1.29 is 9.53 Å². The van der Waals surface area contributed by atoms with Crippen molar-refractivity contribution in [3.8, 4) is 5.75 Å². The molecule has 110 valence electrons. The fourth-order valence-corrected chi connectivity index (χ4v) is 2.06. The summed E-state index contributed by atoms with van der Waals surface area (Å²) >= 11 is 5.98. The van der Waals surface area contributed by atoms with E-state index in [9.17, 15) is 4.79 Å². The predicted octanol–water partition coefficient (Wildman–Crippen LogP) is 3.69. The second-order valence-electron chi connectivity index (χ2n) is 4.95. The first-order chi connectivity index (χ1) is 10.1. The van der Waals surface area contributed by atoms with Crippen LogP contribution >= 0.6 is 11.6 Å². The second-order valence-corrected chi connectivity index (χ2v) is 5.36. The molecular weight excluding hydrogens is 286 g/mol. The zero-order valence-electron chi connectivity index (χ0n) is 12.2. The highest BCUT2D eigenvalue weighted by Gasteiger charge is 2.11. The van der Waals surface area contributed by atoms with Gasteiger partial charge in [0, 0.05) is 13.6 Å². The van der Waals surface area contributed by atoms with Crippen LogP contribution in [0.1, 0.15) is 11.1 Å². The van der Waals surface area contributed by atoms with Gasteiger partial charge >= 0.3 is 0 Å². The predicted molar refractivity (Wildman–Crippen MR) is 84.6 cm³/mol. The van der Waals surface area contributed by atoms with Gasteiger partial charge in [0.05, 0.1) is 5.02 Å². The molecule has 0 aliphatic carbocycles. The number of rotatable bonds is 5. The van der Waals surface area contributed by atoms with Crippen LogP contribution in [0.5, 0.6) is 5.75 Å². The maximum Gasteiger partial charge on any atom is 0.260 e. The number of hydrogen-bond acceptors (Lipinski definition) is 2. The van der Waals surface area contributed by atoms with Gasteiger partial charge in [-0.3, -0.25) is 4.79 Å². The number of benzene rings is 2. The Kier molecular flexibility index (Phi) is 5.23. The van der Waals surface area contributed by atoms with Crippen LogP contribution in [0.25, 0.3) is 0 Å². The van der Waals surface area contributed by atoms with Gasteiger partial charge in [-0.2, -0.15) is 0 Å². The SMILES string of the molecule is Cc1ccc(CN(C)C(=O)COc2ccccc2Cl)cc1. The fraction of sp³-hybridized carbons (Fsp3) is 0.235. The molecule has 0 fully saturated rings. The first kappa shape index (κ1) is 15.4. The van der Waals surface area contributed by atoms with Gasteiger partial charge in [-0.25, -0.2) is 0 Å². The molecule has 3 nitrogen and oxygen atoms in total. The molecule has 0 aromatic heterocycles. The Bertz CT molecular complexity index is 610. The summed E-state index contributed by atoms with van der Waals surface area (Å²) in [6.45, 7) is 2.58. The summed E-state index contributed by atoms with van der Waals surface area (Å²) in [5, 5.41) is 0.506. The van der Waals surface area contributed by atoms with Gasteiger partial charge in [-0.05, 0) is 24.6 Å². The molecule has 0 heterocycles. The molecule has 0 saturated carbocycles. The molecule has 4 heteroatoms. The number of para-hydroxylation sites is 1. The molecular formula is C17H18ClNO2. The summed E-state index contributed by atoms with van der Waals surface area (Å²) in [6, 6.07) is 15.2. The quantitative estimate of drug-likeness (QED) is 0.843. The first-order valence-corrected chi connectivity index (χ1v) is 7.11. The van der Waals surface area contributed by atoms with Crippen LogP contribution in [0.2, 0.25) is 5.02 Å². The molecule has 0 unspecified atom stereocenters. The van der Waals surface area contributed by atoms with Crippen molar-refractivity contribution in [3.63, 3.8) is 0 Å². The molecule has 0 aliphatic rings. The lowest BCUT2D eigenvalue weighted by Gasteiger charge is -2.18. The topological polar surface area (TPSA) is 29.5 Å². The van der Waals surface area contributed by atoms with Crippen LogP contribution in [0.4, 0.5) is 0 Å². The van der Waals surface area contributed by atoms with Gasteiger partial charge in [-0.15, -0.1) is 0 Å². The van der Waals surface area contributed by atoms with E-state index in [0.717, 1.165) is 5.56 Å². The number of carbonyl (C=O) groups is 1. The van der Waals surface area contributed by atoms with Gasteiger partial charge in [0.1, 0.15) is 5.75 Å². The van der Waals surface area contributed by atoms with E-state index in [1.165, 1.54) is 5.56 Å². The summed E-state index contributed by atoms with van der Waals surface area (Å²) < 4.78 is 5.45. The number of carbonyl (C=O) groups excluding carboxylic acids is 1. The lowest BCUT2D eigenvalue weighted by Crippen LogP contribution is -2.30. The minimum absolute atomic E-state index is 0.0217. The van der Waals surface area contributed by atoms with E-state index in [1.54, 1.807) is 24.1 Å². The Morgan fingerprint density at radius 1 is 1.14 bits per heavy atom. The minimum atomic E-state index is -0.0875. The van der Waals surface area contributed by atoms with Crippen molar-refractivity contribution in [1.29, 1.82) is 0 Å². The van der Waals surface area contributed by atoms with Crippen LogP contribution in [0.15, 0.2) is 48.5 Å². The van der Waals surface area contributed by atoms with E-state index in [1.807, 2.05) is 43.3 Å². The van der Waals surface area contributed by atoms with E-state index < -0.39 is 0 Å². The summed E-state index contributed by atoms with van der Waals surface area (Å²) in [6.07, 6.45) is 0. The van der Waals surface area contributed by atoms with Crippen LogP contribution in [-0.4, -0.2) is 24.5 Å². The summed E-state index contributed by atoms with van der Waals surface area (Å²) in [7, 11) is 1.76.